The molecular weight excluding hydrogens is 436 g/mol. The second-order valence-electron chi connectivity index (χ2n) is 9.32. The fourth-order valence-electron chi connectivity index (χ4n) is 5.17. The summed E-state index contributed by atoms with van der Waals surface area (Å²) in [6, 6.07) is 10.7. The molecule has 0 bridgehead atoms. The van der Waals surface area contributed by atoms with Gasteiger partial charge in [-0.1, -0.05) is 0 Å². The number of likely N-dealkylation sites (tertiary alicyclic amines) is 2. The number of benzene rings is 2. The SMILES string of the molecule is O=S1(=O)c2ccc(OCCCN3CCCC3)cc2-c2ccc(OCCCN3CCCC3)cc21. The van der Waals surface area contributed by atoms with Gasteiger partial charge in [-0.2, -0.15) is 0 Å². The minimum atomic E-state index is -3.53. The second kappa shape index (κ2) is 10.0. The molecule has 0 aliphatic carbocycles. The highest BCUT2D eigenvalue weighted by atomic mass is 32.2. The van der Waals surface area contributed by atoms with E-state index in [1.807, 2.05) is 18.2 Å². The van der Waals surface area contributed by atoms with Crippen LogP contribution in [0.2, 0.25) is 0 Å². The van der Waals surface area contributed by atoms with E-state index in [1.54, 1.807) is 18.2 Å². The van der Waals surface area contributed by atoms with Gasteiger partial charge in [-0.15, -0.1) is 0 Å². The van der Waals surface area contributed by atoms with Crippen molar-refractivity contribution in [3.8, 4) is 22.6 Å². The van der Waals surface area contributed by atoms with Crippen molar-refractivity contribution in [3.05, 3.63) is 36.4 Å². The maximum Gasteiger partial charge on any atom is 0.207 e. The summed E-state index contributed by atoms with van der Waals surface area (Å²) in [5.74, 6) is 1.34. The Kier molecular flexibility index (Phi) is 6.90. The van der Waals surface area contributed by atoms with E-state index in [1.165, 1.54) is 51.9 Å². The molecule has 5 rings (SSSR count). The summed E-state index contributed by atoms with van der Waals surface area (Å²) in [7, 11) is -3.53. The van der Waals surface area contributed by atoms with Crippen LogP contribution >= 0.6 is 0 Å². The van der Waals surface area contributed by atoms with E-state index in [2.05, 4.69) is 9.80 Å². The van der Waals surface area contributed by atoms with Crippen molar-refractivity contribution in [2.45, 2.75) is 48.3 Å². The fraction of sp³-hybridized carbons (Fsp3) is 0.538. The Balaban J connectivity index is 1.21. The smallest absolute Gasteiger partial charge is 0.207 e. The molecule has 0 saturated carbocycles. The molecule has 2 aromatic carbocycles. The first-order chi connectivity index (χ1) is 16.1. The van der Waals surface area contributed by atoms with Crippen LogP contribution in [0, 0.1) is 0 Å². The number of ether oxygens (including phenoxy) is 2. The molecule has 2 aromatic rings. The highest BCUT2D eigenvalue weighted by Gasteiger charge is 2.33. The number of fused-ring (bicyclic) bond motifs is 3. The maximum atomic E-state index is 13.1. The van der Waals surface area contributed by atoms with Crippen molar-refractivity contribution in [2.75, 3.05) is 52.5 Å². The van der Waals surface area contributed by atoms with Crippen LogP contribution in [-0.4, -0.2) is 70.7 Å². The van der Waals surface area contributed by atoms with Gasteiger partial charge in [-0.05, 0) is 101 Å². The lowest BCUT2D eigenvalue weighted by Crippen LogP contribution is -2.21. The largest absolute Gasteiger partial charge is 0.494 e. The number of rotatable bonds is 10. The zero-order chi connectivity index (χ0) is 22.7. The Morgan fingerprint density at radius 2 is 1.21 bits per heavy atom. The quantitative estimate of drug-likeness (QED) is 0.413. The molecule has 3 heterocycles. The second-order valence-corrected chi connectivity index (χ2v) is 11.2. The first kappa shape index (κ1) is 22.7. The molecule has 3 aliphatic heterocycles. The van der Waals surface area contributed by atoms with Crippen molar-refractivity contribution < 1.29 is 17.9 Å². The van der Waals surface area contributed by atoms with Crippen LogP contribution in [0.25, 0.3) is 11.1 Å². The zero-order valence-corrected chi connectivity index (χ0v) is 20.1. The third kappa shape index (κ3) is 5.05. The average molecular weight is 471 g/mol. The lowest BCUT2D eigenvalue weighted by atomic mass is 10.1. The molecule has 0 unspecified atom stereocenters. The Bertz CT molecular complexity index is 1070. The third-order valence-electron chi connectivity index (χ3n) is 6.95. The van der Waals surface area contributed by atoms with E-state index in [0.717, 1.165) is 42.8 Å². The monoisotopic (exact) mass is 470 g/mol. The van der Waals surface area contributed by atoms with Gasteiger partial charge in [0.2, 0.25) is 9.84 Å². The van der Waals surface area contributed by atoms with Gasteiger partial charge in [0.25, 0.3) is 0 Å². The van der Waals surface area contributed by atoms with E-state index in [-0.39, 0.29) is 0 Å². The first-order valence-electron chi connectivity index (χ1n) is 12.4. The van der Waals surface area contributed by atoms with Crippen molar-refractivity contribution in [3.63, 3.8) is 0 Å². The van der Waals surface area contributed by atoms with Crippen molar-refractivity contribution in [1.82, 2.24) is 9.80 Å². The van der Waals surface area contributed by atoms with Crippen LogP contribution in [0.1, 0.15) is 38.5 Å². The summed E-state index contributed by atoms with van der Waals surface area (Å²) in [4.78, 5) is 5.62. The van der Waals surface area contributed by atoms with Gasteiger partial charge in [0.05, 0.1) is 23.0 Å². The van der Waals surface area contributed by atoms with Crippen LogP contribution < -0.4 is 9.47 Å². The van der Waals surface area contributed by atoms with Gasteiger partial charge in [0, 0.05) is 24.2 Å². The summed E-state index contributed by atoms with van der Waals surface area (Å²) in [5, 5.41) is 0. The van der Waals surface area contributed by atoms with E-state index < -0.39 is 9.84 Å². The Morgan fingerprint density at radius 3 is 1.82 bits per heavy atom. The average Bonchev–Trinajstić information content (AvgIpc) is 3.57. The van der Waals surface area contributed by atoms with Gasteiger partial charge in [0.15, 0.2) is 0 Å². The molecule has 6 nitrogen and oxygen atoms in total. The van der Waals surface area contributed by atoms with Crippen molar-refractivity contribution in [2.24, 2.45) is 0 Å². The Labute approximate surface area is 197 Å². The highest BCUT2D eigenvalue weighted by Crippen LogP contribution is 2.45. The van der Waals surface area contributed by atoms with E-state index in [0.29, 0.717) is 28.8 Å². The number of sulfone groups is 1. The summed E-state index contributed by atoms with van der Waals surface area (Å²) < 4.78 is 38.1. The van der Waals surface area contributed by atoms with E-state index in [4.69, 9.17) is 9.47 Å². The Hall–Kier alpha value is -2.09. The third-order valence-corrected chi connectivity index (χ3v) is 8.80. The van der Waals surface area contributed by atoms with Gasteiger partial charge in [0.1, 0.15) is 11.5 Å². The minimum Gasteiger partial charge on any atom is -0.494 e. The molecule has 0 atom stereocenters. The Morgan fingerprint density at radius 1 is 0.667 bits per heavy atom. The van der Waals surface area contributed by atoms with Crippen LogP contribution in [-0.2, 0) is 9.84 Å². The standard InChI is InChI=1S/C26H34N2O4S/c29-33(30)25-10-8-21(31-17-5-15-27-11-1-2-12-27)19-24(25)23-9-7-22(20-26(23)33)32-18-6-16-28-13-3-4-14-28/h7-10,19-20H,1-6,11-18H2. The normalized spacial score (nSPS) is 19.5. The van der Waals surface area contributed by atoms with Crippen LogP contribution in [0.15, 0.2) is 46.2 Å². The molecule has 0 aromatic heterocycles. The molecule has 7 heteroatoms. The fourth-order valence-corrected chi connectivity index (χ4v) is 6.85. The zero-order valence-electron chi connectivity index (χ0n) is 19.3. The molecule has 2 fully saturated rings. The molecular formula is C26H34N2O4S. The summed E-state index contributed by atoms with van der Waals surface area (Å²) >= 11 is 0. The predicted molar refractivity (Wildman–Crippen MR) is 129 cm³/mol. The van der Waals surface area contributed by atoms with Crippen molar-refractivity contribution in [1.29, 1.82) is 0 Å². The molecule has 178 valence electrons. The molecule has 0 spiro atoms. The van der Waals surface area contributed by atoms with E-state index >= 15 is 0 Å². The first-order valence-corrected chi connectivity index (χ1v) is 13.8. The van der Waals surface area contributed by atoms with E-state index in [9.17, 15) is 8.42 Å². The summed E-state index contributed by atoms with van der Waals surface area (Å²) in [6.07, 6.45) is 7.09. The predicted octanol–water partition coefficient (Wildman–Crippen LogP) is 4.23. The molecule has 0 amide bonds. The topological polar surface area (TPSA) is 59.1 Å². The lowest BCUT2D eigenvalue weighted by Gasteiger charge is -2.14. The van der Waals surface area contributed by atoms with Gasteiger partial charge >= 0.3 is 0 Å². The molecule has 33 heavy (non-hydrogen) atoms. The minimum absolute atomic E-state index is 0.334. The molecule has 3 aliphatic rings. The molecule has 0 radical (unpaired) electrons. The van der Waals surface area contributed by atoms with Gasteiger partial charge in [-0.3, -0.25) is 0 Å². The van der Waals surface area contributed by atoms with Crippen LogP contribution in [0.4, 0.5) is 0 Å². The van der Waals surface area contributed by atoms with Crippen LogP contribution in [0.5, 0.6) is 11.5 Å². The van der Waals surface area contributed by atoms with Crippen LogP contribution in [0.3, 0.4) is 0 Å². The lowest BCUT2D eigenvalue weighted by molar-refractivity contribution is 0.263. The number of hydrogen-bond donors (Lipinski definition) is 0. The molecule has 2 saturated heterocycles. The number of nitrogens with zero attached hydrogens (tertiary/aromatic N) is 2. The van der Waals surface area contributed by atoms with Gasteiger partial charge < -0.3 is 19.3 Å². The highest BCUT2D eigenvalue weighted by molar-refractivity contribution is 7.92. The maximum absolute atomic E-state index is 13.1. The van der Waals surface area contributed by atoms with Crippen molar-refractivity contribution >= 4 is 9.84 Å². The summed E-state index contributed by atoms with van der Waals surface area (Å²) in [5.41, 5.74) is 1.46. The number of hydrogen-bond acceptors (Lipinski definition) is 6. The summed E-state index contributed by atoms with van der Waals surface area (Å²) in [6.45, 7) is 8.07. The van der Waals surface area contributed by atoms with Gasteiger partial charge in [-0.25, -0.2) is 8.42 Å². The molecule has 0 N–H and O–H groups in total.